The number of unbranched alkanes of at least 4 members (excludes halogenated alkanes) is 4. The van der Waals surface area contributed by atoms with Crippen LogP contribution < -0.4 is 0 Å². The molecule has 1 aromatic rings. The Kier molecular flexibility index (Phi) is 7.49. The van der Waals surface area contributed by atoms with Crippen molar-refractivity contribution < 1.29 is 9.53 Å². The zero-order chi connectivity index (χ0) is 18.3. The van der Waals surface area contributed by atoms with E-state index in [4.69, 9.17) is 4.74 Å². The van der Waals surface area contributed by atoms with Gasteiger partial charge in [-0.3, -0.25) is 9.69 Å². The quantitative estimate of drug-likeness (QED) is 0.454. The highest BCUT2D eigenvalue weighted by molar-refractivity contribution is 5.78. The predicted octanol–water partition coefficient (Wildman–Crippen LogP) is 5.22. The number of carbonyl (C=O) groups excluding carboxylic acids is 1. The molecule has 25 heavy (non-hydrogen) atoms. The third-order valence-corrected chi connectivity index (χ3v) is 6.08. The summed E-state index contributed by atoms with van der Waals surface area (Å²) < 4.78 is 5.25. The van der Waals surface area contributed by atoms with Crippen LogP contribution in [0.15, 0.2) is 30.3 Å². The van der Waals surface area contributed by atoms with Crippen LogP contribution in [0.3, 0.4) is 0 Å². The number of carbonyl (C=O) groups is 1. The number of nitrogens with zero attached hydrogens (tertiary/aromatic N) is 1. The van der Waals surface area contributed by atoms with Crippen molar-refractivity contribution >= 4 is 5.97 Å². The number of hydrogen-bond acceptors (Lipinski definition) is 3. The van der Waals surface area contributed by atoms with Crippen LogP contribution in [-0.2, 0) is 9.53 Å². The summed E-state index contributed by atoms with van der Waals surface area (Å²) in [5.41, 5.74) is 0.975. The van der Waals surface area contributed by atoms with Gasteiger partial charge in [-0.2, -0.15) is 0 Å². The highest BCUT2D eigenvalue weighted by atomic mass is 16.5. The third kappa shape index (κ3) is 4.63. The Balaban J connectivity index is 2.07. The first-order chi connectivity index (χ1) is 12.0. The number of ether oxygens (including phenoxy) is 1. The molecular weight excluding hydrogens is 310 g/mol. The van der Waals surface area contributed by atoms with Crippen molar-refractivity contribution in [2.24, 2.45) is 11.3 Å². The molecule has 2 rings (SSSR count). The molecule has 1 saturated heterocycles. The fourth-order valence-electron chi connectivity index (χ4n) is 4.29. The normalized spacial score (nSPS) is 25.0. The highest BCUT2D eigenvalue weighted by Gasteiger charge is 2.51. The van der Waals surface area contributed by atoms with Gasteiger partial charge in [0.25, 0.3) is 0 Å². The van der Waals surface area contributed by atoms with Crippen LogP contribution in [0.1, 0.15) is 70.9 Å². The lowest BCUT2D eigenvalue weighted by molar-refractivity contribution is -0.154. The summed E-state index contributed by atoms with van der Waals surface area (Å²) in [6.07, 6.45) is 7.09. The van der Waals surface area contributed by atoms with Gasteiger partial charge in [0.05, 0.1) is 12.5 Å². The minimum absolute atomic E-state index is 0.0155. The minimum Gasteiger partial charge on any atom is -0.469 e. The maximum Gasteiger partial charge on any atom is 0.313 e. The van der Waals surface area contributed by atoms with Gasteiger partial charge in [0.1, 0.15) is 0 Å². The van der Waals surface area contributed by atoms with Crippen LogP contribution >= 0.6 is 0 Å². The molecule has 0 amide bonds. The molecule has 0 unspecified atom stereocenters. The van der Waals surface area contributed by atoms with E-state index in [0.29, 0.717) is 12.0 Å². The van der Waals surface area contributed by atoms with Gasteiger partial charge in [0.2, 0.25) is 0 Å². The van der Waals surface area contributed by atoms with Crippen LogP contribution in [-0.4, -0.2) is 31.1 Å². The second kappa shape index (κ2) is 9.38. The lowest BCUT2D eigenvalue weighted by Crippen LogP contribution is -2.39. The van der Waals surface area contributed by atoms with Crippen molar-refractivity contribution in [1.82, 2.24) is 4.90 Å². The number of methoxy groups -OCH3 is 1. The maximum absolute atomic E-state index is 12.7. The van der Waals surface area contributed by atoms with E-state index in [1.54, 1.807) is 0 Å². The Labute approximate surface area is 153 Å². The number of benzene rings is 1. The van der Waals surface area contributed by atoms with Crippen molar-refractivity contribution in [3.63, 3.8) is 0 Å². The molecule has 3 atom stereocenters. The average molecular weight is 346 g/mol. The van der Waals surface area contributed by atoms with Crippen molar-refractivity contribution in [2.75, 3.05) is 20.2 Å². The van der Waals surface area contributed by atoms with E-state index in [9.17, 15) is 4.79 Å². The number of esters is 1. The summed E-state index contributed by atoms with van der Waals surface area (Å²) in [6, 6.07) is 10.9. The Morgan fingerprint density at radius 2 is 1.92 bits per heavy atom. The molecule has 1 aliphatic heterocycles. The molecule has 3 nitrogen and oxygen atoms in total. The molecule has 0 spiro atoms. The summed E-state index contributed by atoms with van der Waals surface area (Å²) in [5.74, 6) is 0.315. The summed E-state index contributed by atoms with van der Waals surface area (Å²) in [5, 5.41) is 0. The van der Waals surface area contributed by atoms with E-state index in [1.165, 1.54) is 38.4 Å². The molecule has 140 valence electrons. The molecule has 0 N–H and O–H groups in total. The van der Waals surface area contributed by atoms with E-state index < -0.39 is 0 Å². The molecule has 3 heteroatoms. The number of rotatable bonds is 9. The lowest BCUT2D eigenvalue weighted by Gasteiger charge is -2.31. The molecule has 0 aromatic heterocycles. The second-order valence-electron chi connectivity index (χ2n) is 7.73. The number of likely N-dealkylation sites (tertiary alicyclic amines) is 1. The van der Waals surface area contributed by atoms with Gasteiger partial charge in [-0.15, -0.1) is 0 Å². The SMILES string of the molecule is CCCCCCC[C@@]1(C(=O)OC)CN([C@H](C)c2ccccc2)C[C@H]1C. The summed E-state index contributed by atoms with van der Waals surface area (Å²) in [7, 11) is 1.54. The van der Waals surface area contributed by atoms with E-state index in [0.717, 1.165) is 25.9 Å². The molecule has 1 aliphatic rings. The van der Waals surface area contributed by atoms with E-state index >= 15 is 0 Å². The molecule has 1 heterocycles. The van der Waals surface area contributed by atoms with Crippen LogP contribution in [0.4, 0.5) is 0 Å². The monoisotopic (exact) mass is 345 g/mol. The minimum atomic E-state index is -0.343. The summed E-state index contributed by atoms with van der Waals surface area (Å²) >= 11 is 0. The van der Waals surface area contributed by atoms with Gasteiger partial charge in [0, 0.05) is 19.1 Å². The largest absolute Gasteiger partial charge is 0.469 e. The Morgan fingerprint density at radius 3 is 2.56 bits per heavy atom. The Morgan fingerprint density at radius 1 is 1.24 bits per heavy atom. The van der Waals surface area contributed by atoms with Crippen molar-refractivity contribution in [3.8, 4) is 0 Å². The van der Waals surface area contributed by atoms with E-state index in [-0.39, 0.29) is 11.4 Å². The molecule has 0 aliphatic carbocycles. The van der Waals surface area contributed by atoms with Crippen molar-refractivity contribution in [1.29, 1.82) is 0 Å². The molecule has 0 radical (unpaired) electrons. The smallest absolute Gasteiger partial charge is 0.313 e. The van der Waals surface area contributed by atoms with Gasteiger partial charge < -0.3 is 4.74 Å². The van der Waals surface area contributed by atoms with Crippen LogP contribution in [0, 0.1) is 11.3 Å². The van der Waals surface area contributed by atoms with Gasteiger partial charge >= 0.3 is 5.97 Å². The van der Waals surface area contributed by atoms with Gasteiger partial charge in [0.15, 0.2) is 0 Å². The first-order valence-corrected chi connectivity index (χ1v) is 9.92. The van der Waals surface area contributed by atoms with Crippen LogP contribution in [0.2, 0.25) is 0 Å². The summed E-state index contributed by atoms with van der Waals surface area (Å²) in [6.45, 7) is 8.47. The Bertz CT molecular complexity index is 530. The zero-order valence-electron chi connectivity index (χ0n) is 16.5. The lowest BCUT2D eigenvalue weighted by atomic mass is 9.75. The third-order valence-electron chi connectivity index (χ3n) is 6.08. The van der Waals surface area contributed by atoms with Crippen molar-refractivity contribution in [3.05, 3.63) is 35.9 Å². The molecule has 1 fully saturated rings. The van der Waals surface area contributed by atoms with Crippen molar-refractivity contribution in [2.45, 2.75) is 65.3 Å². The first-order valence-electron chi connectivity index (χ1n) is 9.92. The van der Waals surface area contributed by atoms with E-state index in [1.807, 2.05) is 0 Å². The molecule has 0 saturated carbocycles. The first kappa shape index (κ1) is 20.0. The fourth-order valence-corrected chi connectivity index (χ4v) is 4.29. The summed E-state index contributed by atoms with van der Waals surface area (Å²) in [4.78, 5) is 15.2. The van der Waals surface area contributed by atoms with Gasteiger partial charge in [-0.1, -0.05) is 76.3 Å². The second-order valence-corrected chi connectivity index (χ2v) is 7.73. The van der Waals surface area contributed by atoms with E-state index in [2.05, 4.69) is 56.0 Å². The average Bonchev–Trinajstić information content (AvgIpc) is 2.98. The zero-order valence-corrected chi connectivity index (χ0v) is 16.5. The Hall–Kier alpha value is -1.35. The predicted molar refractivity (Wildman–Crippen MR) is 103 cm³/mol. The van der Waals surface area contributed by atoms with Crippen LogP contribution in [0.25, 0.3) is 0 Å². The fraction of sp³-hybridized carbons (Fsp3) is 0.682. The molecule has 0 bridgehead atoms. The topological polar surface area (TPSA) is 29.5 Å². The van der Waals surface area contributed by atoms with Gasteiger partial charge in [-0.05, 0) is 24.8 Å². The maximum atomic E-state index is 12.7. The molecular formula is C22H35NO2. The number of hydrogen-bond donors (Lipinski definition) is 0. The highest BCUT2D eigenvalue weighted by Crippen LogP contribution is 2.44. The van der Waals surface area contributed by atoms with Gasteiger partial charge in [-0.25, -0.2) is 0 Å². The van der Waals surface area contributed by atoms with Crippen LogP contribution in [0.5, 0.6) is 0 Å². The molecule has 1 aromatic carbocycles. The standard InChI is InChI=1S/C22H35NO2/c1-5-6-7-8-12-15-22(21(24)25-4)17-23(16-18(22)2)19(3)20-13-10-9-11-14-20/h9-11,13-14,18-19H,5-8,12,15-17H2,1-4H3/t18-,19-,22-/m1/s1.